The van der Waals surface area contributed by atoms with Crippen LogP contribution in [0.15, 0.2) is 0 Å². The van der Waals surface area contributed by atoms with E-state index in [1.54, 1.807) is 6.92 Å². The van der Waals surface area contributed by atoms with Crippen LogP contribution in [-0.4, -0.2) is 58.7 Å². The maximum absolute atomic E-state index is 11.4. The Morgan fingerprint density at radius 1 is 0.656 bits per heavy atom. The Kier molecular flexibility index (Phi) is 21.6. The van der Waals surface area contributed by atoms with Crippen LogP contribution < -0.4 is 10.6 Å². The van der Waals surface area contributed by atoms with Crippen molar-refractivity contribution in [1.82, 2.24) is 10.6 Å². The van der Waals surface area contributed by atoms with Gasteiger partial charge in [-0.05, 0) is 25.8 Å². The maximum atomic E-state index is 11.4. The lowest BCUT2D eigenvalue weighted by Crippen LogP contribution is -2.53. The van der Waals surface area contributed by atoms with Crippen LogP contribution in [0, 0.1) is 0 Å². The third-order valence-electron chi connectivity index (χ3n) is 6.45. The SMILES string of the molecule is CCCCCCCCCCCCCCCCNC(CNC(C(=O)O)C(O)CC)C(O)CC. The van der Waals surface area contributed by atoms with Crippen LogP contribution in [-0.2, 0) is 4.79 Å². The Morgan fingerprint density at radius 3 is 1.50 bits per heavy atom. The zero-order valence-electron chi connectivity index (χ0n) is 21.3. The molecule has 6 nitrogen and oxygen atoms in total. The largest absolute Gasteiger partial charge is 0.480 e. The first-order chi connectivity index (χ1) is 15.5. The molecule has 0 rings (SSSR count). The van der Waals surface area contributed by atoms with Gasteiger partial charge in [0.1, 0.15) is 6.04 Å². The van der Waals surface area contributed by atoms with E-state index in [2.05, 4.69) is 17.6 Å². The minimum absolute atomic E-state index is 0.215. The van der Waals surface area contributed by atoms with Gasteiger partial charge in [0, 0.05) is 12.6 Å². The van der Waals surface area contributed by atoms with Crippen molar-refractivity contribution in [2.75, 3.05) is 13.1 Å². The first-order valence-corrected chi connectivity index (χ1v) is 13.5. The minimum Gasteiger partial charge on any atom is -0.480 e. The molecule has 0 spiro atoms. The third kappa shape index (κ3) is 16.9. The van der Waals surface area contributed by atoms with Gasteiger partial charge in [-0.1, -0.05) is 104 Å². The third-order valence-corrected chi connectivity index (χ3v) is 6.45. The zero-order chi connectivity index (χ0) is 24.0. The molecule has 0 saturated heterocycles. The number of carbonyl (C=O) groups is 1. The fourth-order valence-electron chi connectivity index (χ4n) is 4.11. The second kappa shape index (κ2) is 22.1. The highest BCUT2D eigenvalue weighted by Crippen LogP contribution is 2.13. The highest BCUT2D eigenvalue weighted by Gasteiger charge is 2.27. The molecule has 32 heavy (non-hydrogen) atoms. The highest BCUT2D eigenvalue weighted by atomic mass is 16.4. The number of aliphatic carboxylic acids is 1. The molecule has 0 amide bonds. The number of aliphatic hydroxyl groups excluding tert-OH is 2. The number of hydrogen-bond donors (Lipinski definition) is 5. The number of nitrogens with one attached hydrogen (secondary N) is 2. The van der Waals surface area contributed by atoms with Crippen molar-refractivity contribution in [3.05, 3.63) is 0 Å². The van der Waals surface area contributed by atoms with E-state index in [4.69, 9.17) is 0 Å². The van der Waals surface area contributed by atoms with Gasteiger partial charge in [-0.15, -0.1) is 0 Å². The summed E-state index contributed by atoms with van der Waals surface area (Å²) in [6.07, 6.45) is 18.1. The molecule has 0 aliphatic rings. The molecule has 0 aliphatic heterocycles. The van der Waals surface area contributed by atoms with Crippen LogP contribution in [0.4, 0.5) is 0 Å². The number of carboxylic acids is 1. The molecule has 5 N–H and O–H groups in total. The summed E-state index contributed by atoms with van der Waals surface area (Å²) >= 11 is 0. The Bertz CT molecular complexity index is 423. The maximum Gasteiger partial charge on any atom is 0.323 e. The summed E-state index contributed by atoms with van der Waals surface area (Å²) in [7, 11) is 0. The molecule has 192 valence electrons. The van der Waals surface area contributed by atoms with Gasteiger partial charge in [-0.25, -0.2) is 0 Å². The molecule has 0 aliphatic carbocycles. The van der Waals surface area contributed by atoms with E-state index < -0.39 is 24.2 Å². The number of aliphatic hydroxyl groups is 2. The van der Waals surface area contributed by atoms with Crippen molar-refractivity contribution in [3.8, 4) is 0 Å². The summed E-state index contributed by atoms with van der Waals surface area (Å²) < 4.78 is 0. The highest BCUT2D eigenvalue weighted by molar-refractivity contribution is 5.74. The zero-order valence-corrected chi connectivity index (χ0v) is 21.3. The van der Waals surface area contributed by atoms with Crippen LogP contribution in [0.3, 0.4) is 0 Å². The fraction of sp³-hybridized carbons (Fsp3) is 0.962. The van der Waals surface area contributed by atoms with Crippen molar-refractivity contribution >= 4 is 5.97 Å². The lowest BCUT2D eigenvalue weighted by Gasteiger charge is -2.27. The van der Waals surface area contributed by atoms with E-state index in [0.717, 1.165) is 13.0 Å². The average Bonchev–Trinajstić information content (AvgIpc) is 2.79. The minimum atomic E-state index is -1.06. The van der Waals surface area contributed by atoms with Crippen LogP contribution >= 0.6 is 0 Å². The van der Waals surface area contributed by atoms with Gasteiger partial charge in [0.25, 0.3) is 0 Å². The Morgan fingerprint density at radius 2 is 1.09 bits per heavy atom. The Hall–Kier alpha value is -0.690. The number of rotatable bonds is 24. The summed E-state index contributed by atoms with van der Waals surface area (Å²) in [4.78, 5) is 11.4. The fourth-order valence-corrected chi connectivity index (χ4v) is 4.11. The van der Waals surface area contributed by atoms with Crippen LogP contribution in [0.2, 0.25) is 0 Å². The summed E-state index contributed by atoms with van der Waals surface area (Å²) in [6.45, 7) is 7.08. The van der Waals surface area contributed by atoms with Gasteiger partial charge in [-0.2, -0.15) is 0 Å². The molecule has 0 aromatic heterocycles. The topological polar surface area (TPSA) is 102 Å². The first kappa shape index (κ1) is 31.3. The lowest BCUT2D eigenvalue weighted by molar-refractivity contribution is -0.142. The van der Waals surface area contributed by atoms with E-state index in [0.29, 0.717) is 19.4 Å². The molecule has 0 saturated carbocycles. The molecule has 6 heteroatoms. The average molecular weight is 459 g/mol. The normalized spacial score (nSPS) is 15.4. The van der Waals surface area contributed by atoms with Gasteiger partial charge < -0.3 is 26.0 Å². The van der Waals surface area contributed by atoms with E-state index in [1.807, 2.05) is 6.92 Å². The van der Waals surface area contributed by atoms with Crippen molar-refractivity contribution in [3.63, 3.8) is 0 Å². The summed E-state index contributed by atoms with van der Waals surface area (Å²) in [5, 5.41) is 35.7. The molecule has 0 aromatic carbocycles. The van der Waals surface area contributed by atoms with Crippen LogP contribution in [0.25, 0.3) is 0 Å². The molecular weight excluding hydrogens is 404 g/mol. The molecule has 0 radical (unpaired) electrons. The monoisotopic (exact) mass is 458 g/mol. The quantitative estimate of drug-likeness (QED) is 0.130. The summed E-state index contributed by atoms with van der Waals surface area (Å²) in [5.41, 5.74) is 0. The van der Waals surface area contributed by atoms with E-state index >= 15 is 0 Å². The molecule has 0 fully saturated rings. The standard InChI is InChI=1S/C26H54N2O4/c1-4-7-8-9-10-11-12-13-14-15-16-17-18-19-20-27-22(23(29)5-2)21-28-25(26(31)32)24(30)6-3/h22-25,27-30H,4-21H2,1-3H3,(H,31,32). The second-order valence-electron chi connectivity index (χ2n) is 9.33. The van der Waals surface area contributed by atoms with Gasteiger partial charge >= 0.3 is 5.97 Å². The molecule has 4 unspecified atom stereocenters. The van der Waals surface area contributed by atoms with Gasteiger partial charge in [0.15, 0.2) is 0 Å². The second-order valence-corrected chi connectivity index (χ2v) is 9.33. The number of carboxylic acid groups (broad SMARTS) is 1. The van der Waals surface area contributed by atoms with Gasteiger partial charge in [0.05, 0.1) is 12.2 Å². The summed E-state index contributed by atoms with van der Waals surface area (Å²) in [6, 6.07) is -1.22. The van der Waals surface area contributed by atoms with Crippen LogP contribution in [0.1, 0.15) is 124 Å². The molecule has 0 bridgehead atoms. The van der Waals surface area contributed by atoms with Crippen molar-refractivity contribution in [1.29, 1.82) is 0 Å². The van der Waals surface area contributed by atoms with Gasteiger partial charge in [0.2, 0.25) is 0 Å². The molecular formula is C26H54N2O4. The first-order valence-electron chi connectivity index (χ1n) is 13.5. The molecule has 0 aromatic rings. The number of hydrogen-bond acceptors (Lipinski definition) is 5. The van der Waals surface area contributed by atoms with Crippen molar-refractivity contribution in [2.45, 2.75) is 148 Å². The smallest absolute Gasteiger partial charge is 0.323 e. The van der Waals surface area contributed by atoms with Crippen molar-refractivity contribution in [2.24, 2.45) is 0 Å². The Labute approximate surface area is 198 Å². The van der Waals surface area contributed by atoms with Crippen LogP contribution in [0.5, 0.6) is 0 Å². The predicted octanol–water partition coefficient (Wildman–Crippen LogP) is 5.01. The van der Waals surface area contributed by atoms with E-state index in [1.165, 1.54) is 83.5 Å². The molecule has 4 atom stereocenters. The van der Waals surface area contributed by atoms with E-state index in [9.17, 15) is 20.1 Å². The number of unbranched alkanes of at least 4 members (excludes halogenated alkanes) is 13. The summed E-state index contributed by atoms with van der Waals surface area (Å²) in [5.74, 6) is -1.06. The van der Waals surface area contributed by atoms with Crippen molar-refractivity contribution < 1.29 is 20.1 Å². The Balaban J connectivity index is 3.80. The lowest BCUT2D eigenvalue weighted by atomic mass is 10.0. The van der Waals surface area contributed by atoms with Gasteiger partial charge in [-0.3, -0.25) is 4.79 Å². The predicted molar refractivity (Wildman–Crippen MR) is 134 cm³/mol. The molecule has 0 heterocycles. The van der Waals surface area contributed by atoms with E-state index in [-0.39, 0.29) is 6.04 Å².